The summed E-state index contributed by atoms with van der Waals surface area (Å²) < 4.78 is 6.65. The van der Waals surface area contributed by atoms with Crippen LogP contribution in [-0.4, -0.2) is 10.9 Å². The first-order chi connectivity index (χ1) is 14.9. The third-order valence-corrected chi connectivity index (χ3v) is 6.96. The number of hydrogen-bond acceptors (Lipinski definition) is 4. The fraction of sp³-hybridized carbons (Fsp3) is 0. The van der Waals surface area contributed by atoms with Gasteiger partial charge < -0.3 is 9.73 Å². The van der Waals surface area contributed by atoms with Gasteiger partial charge >= 0.3 is 0 Å². The molecular formula is C22H10Cl4N2O2S. The Labute approximate surface area is 200 Å². The number of benzene rings is 3. The highest BCUT2D eigenvalue weighted by Gasteiger charge is 2.18. The second-order valence-electron chi connectivity index (χ2n) is 6.68. The van der Waals surface area contributed by atoms with Crippen molar-refractivity contribution in [2.24, 2.45) is 0 Å². The van der Waals surface area contributed by atoms with Crippen molar-refractivity contribution in [2.75, 3.05) is 5.32 Å². The van der Waals surface area contributed by atoms with Gasteiger partial charge in [0.05, 0.1) is 10.0 Å². The van der Waals surface area contributed by atoms with Crippen LogP contribution in [0.1, 0.15) is 9.67 Å². The molecule has 0 radical (unpaired) electrons. The third kappa shape index (κ3) is 3.88. The summed E-state index contributed by atoms with van der Waals surface area (Å²) in [6.45, 7) is 0. The van der Waals surface area contributed by atoms with Gasteiger partial charge in [0.1, 0.15) is 10.4 Å². The quantitative estimate of drug-likeness (QED) is 0.266. The Morgan fingerprint density at radius 3 is 2.65 bits per heavy atom. The predicted molar refractivity (Wildman–Crippen MR) is 129 cm³/mol. The number of carbonyl (C=O) groups is 1. The fourth-order valence-electron chi connectivity index (χ4n) is 3.19. The van der Waals surface area contributed by atoms with E-state index in [4.69, 9.17) is 50.8 Å². The molecule has 3 aromatic carbocycles. The van der Waals surface area contributed by atoms with Gasteiger partial charge in [0.25, 0.3) is 5.91 Å². The summed E-state index contributed by atoms with van der Waals surface area (Å²) in [5, 5.41) is 5.50. The molecule has 1 N–H and O–H groups in total. The SMILES string of the molecule is O=C(Nc1cccc(-c2nc3cc(Cl)cc(Cl)c3o2)c1)c1sc2cc(Cl)ccc2c1Cl. The first kappa shape index (κ1) is 20.6. The van der Waals surface area contributed by atoms with Gasteiger partial charge in [-0.3, -0.25) is 4.79 Å². The Morgan fingerprint density at radius 2 is 1.81 bits per heavy atom. The Hall–Kier alpha value is -2.28. The molecule has 31 heavy (non-hydrogen) atoms. The van der Waals surface area contributed by atoms with Crippen LogP contribution in [0.4, 0.5) is 5.69 Å². The highest BCUT2D eigenvalue weighted by atomic mass is 35.5. The molecule has 1 amide bonds. The monoisotopic (exact) mass is 506 g/mol. The molecule has 4 nitrogen and oxygen atoms in total. The molecule has 9 heteroatoms. The number of carbonyl (C=O) groups excluding carboxylic acids is 1. The van der Waals surface area contributed by atoms with Gasteiger partial charge in [-0.05, 0) is 42.5 Å². The molecule has 0 fully saturated rings. The van der Waals surface area contributed by atoms with Crippen LogP contribution in [0.5, 0.6) is 0 Å². The molecule has 5 aromatic rings. The lowest BCUT2D eigenvalue weighted by Crippen LogP contribution is -2.10. The summed E-state index contributed by atoms with van der Waals surface area (Å²) in [7, 11) is 0. The maximum Gasteiger partial charge on any atom is 0.267 e. The standard InChI is InChI=1S/C22H10Cl4N2O2S/c23-11-4-5-14-17(9-11)31-20(18(14)26)21(29)27-13-3-1-2-10(6-13)22-28-16-8-12(24)7-15(25)19(16)30-22/h1-9H,(H,27,29). The van der Waals surface area contributed by atoms with E-state index in [-0.39, 0.29) is 5.91 Å². The van der Waals surface area contributed by atoms with E-state index in [0.29, 0.717) is 53.2 Å². The van der Waals surface area contributed by atoms with E-state index in [1.807, 2.05) is 6.07 Å². The molecule has 0 atom stereocenters. The minimum absolute atomic E-state index is 0.313. The number of anilines is 1. The number of nitrogens with one attached hydrogen (secondary N) is 1. The third-order valence-electron chi connectivity index (χ3n) is 4.57. The van der Waals surface area contributed by atoms with Gasteiger partial charge in [-0.15, -0.1) is 11.3 Å². The summed E-state index contributed by atoms with van der Waals surface area (Å²) in [5.41, 5.74) is 2.25. The van der Waals surface area contributed by atoms with Crippen LogP contribution in [0.15, 0.2) is 59.0 Å². The van der Waals surface area contributed by atoms with Crippen LogP contribution >= 0.6 is 57.7 Å². The van der Waals surface area contributed by atoms with Gasteiger partial charge in [-0.1, -0.05) is 58.5 Å². The number of fused-ring (bicyclic) bond motifs is 2. The van der Waals surface area contributed by atoms with Crippen LogP contribution < -0.4 is 5.32 Å². The van der Waals surface area contributed by atoms with Crippen molar-refractivity contribution in [2.45, 2.75) is 0 Å². The molecule has 2 aromatic heterocycles. The average Bonchev–Trinajstić information content (AvgIpc) is 3.29. The second kappa shape index (κ2) is 8.01. The van der Waals surface area contributed by atoms with Crippen LogP contribution in [0.2, 0.25) is 20.1 Å². The van der Waals surface area contributed by atoms with Gasteiger partial charge in [-0.2, -0.15) is 0 Å². The summed E-state index contributed by atoms with van der Waals surface area (Å²) in [6, 6.07) is 15.8. The molecule has 0 spiro atoms. The summed E-state index contributed by atoms with van der Waals surface area (Å²) in [4.78, 5) is 17.7. The van der Waals surface area contributed by atoms with Crippen molar-refractivity contribution in [3.63, 3.8) is 0 Å². The lowest BCUT2D eigenvalue weighted by molar-refractivity contribution is 0.103. The predicted octanol–water partition coefficient (Wildman–Crippen LogP) is 8.58. The highest BCUT2D eigenvalue weighted by Crippen LogP contribution is 2.37. The highest BCUT2D eigenvalue weighted by molar-refractivity contribution is 7.21. The molecule has 5 rings (SSSR count). The number of halogens is 4. The van der Waals surface area contributed by atoms with E-state index in [0.717, 1.165) is 10.1 Å². The number of nitrogens with zero attached hydrogens (tertiary/aromatic N) is 1. The average molecular weight is 508 g/mol. The molecule has 0 saturated carbocycles. The van der Waals surface area contributed by atoms with Crippen molar-refractivity contribution in [1.82, 2.24) is 4.98 Å². The van der Waals surface area contributed by atoms with Crippen LogP contribution in [0.3, 0.4) is 0 Å². The molecule has 0 unspecified atom stereocenters. The molecule has 0 aliphatic carbocycles. The van der Waals surface area contributed by atoms with Gasteiger partial charge in [0.2, 0.25) is 5.89 Å². The smallest absolute Gasteiger partial charge is 0.267 e. The van der Waals surface area contributed by atoms with Gasteiger partial charge in [0, 0.05) is 31.4 Å². The zero-order valence-corrected chi connectivity index (χ0v) is 19.2. The van der Waals surface area contributed by atoms with Crippen LogP contribution in [0.25, 0.3) is 32.6 Å². The number of thiophene rings is 1. The maximum atomic E-state index is 12.9. The topological polar surface area (TPSA) is 55.1 Å². The minimum atomic E-state index is -0.313. The maximum absolute atomic E-state index is 12.9. The fourth-order valence-corrected chi connectivity index (χ4v) is 5.40. The summed E-state index contributed by atoms with van der Waals surface area (Å²) >= 11 is 26.0. The van der Waals surface area contributed by atoms with E-state index < -0.39 is 0 Å². The number of rotatable bonds is 3. The number of oxazole rings is 1. The molecule has 0 bridgehead atoms. The first-order valence-electron chi connectivity index (χ1n) is 8.94. The largest absolute Gasteiger partial charge is 0.435 e. The van der Waals surface area contributed by atoms with Gasteiger partial charge in [-0.25, -0.2) is 4.98 Å². The Morgan fingerprint density at radius 1 is 0.968 bits per heavy atom. The number of aromatic nitrogens is 1. The van der Waals surface area contributed by atoms with E-state index in [1.54, 1.807) is 48.5 Å². The van der Waals surface area contributed by atoms with Crippen LogP contribution in [-0.2, 0) is 0 Å². The molecular weight excluding hydrogens is 498 g/mol. The Bertz CT molecular complexity index is 1490. The van der Waals surface area contributed by atoms with E-state index in [2.05, 4.69) is 10.3 Å². The first-order valence-corrected chi connectivity index (χ1v) is 11.3. The van der Waals surface area contributed by atoms with Gasteiger partial charge in [0.15, 0.2) is 5.58 Å². The van der Waals surface area contributed by atoms with Crippen molar-refractivity contribution in [1.29, 1.82) is 0 Å². The van der Waals surface area contributed by atoms with E-state index in [1.165, 1.54) is 11.3 Å². The molecule has 2 heterocycles. The van der Waals surface area contributed by atoms with E-state index in [9.17, 15) is 4.79 Å². The summed E-state index contributed by atoms with van der Waals surface area (Å²) in [6.07, 6.45) is 0. The normalized spacial score (nSPS) is 11.4. The lowest BCUT2D eigenvalue weighted by atomic mass is 10.2. The Balaban J connectivity index is 1.46. The van der Waals surface area contributed by atoms with Crippen LogP contribution in [0, 0.1) is 0 Å². The number of hydrogen-bond donors (Lipinski definition) is 1. The molecule has 0 aliphatic rings. The number of amides is 1. The molecule has 0 aliphatic heterocycles. The zero-order valence-electron chi connectivity index (χ0n) is 15.4. The summed E-state index contributed by atoms with van der Waals surface area (Å²) in [5.74, 6) is 0.0525. The lowest BCUT2D eigenvalue weighted by Gasteiger charge is -2.05. The second-order valence-corrected chi connectivity index (χ2v) is 9.39. The zero-order chi connectivity index (χ0) is 21.7. The van der Waals surface area contributed by atoms with Crippen molar-refractivity contribution in [3.05, 3.63) is 79.6 Å². The molecule has 0 saturated heterocycles. The van der Waals surface area contributed by atoms with E-state index >= 15 is 0 Å². The minimum Gasteiger partial charge on any atom is -0.435 e. The molecule has 154 valence electrons. The Kier molecular flexibility index (Phi) is 5.32. The van der Waals surface area contributed by atoms with Crippen molar-refractivity contribution < 1.29 is 9.21 Å². The van der Waals surface area contributed by atoms with Crippen molar-refractivity contribution in [3.8, 4) is 11.5 Å². The van der Waals surface area contributed by atoms with Crippen molar-refractivity contribution >= 4 is 90.5 Å².